The number of nitrogens with zero attached hydrogens (tertiary/aromatic N) is 2. The van der Waals surface area contributed by atoms with Crippen LogP contribution < -0.4 is 10.1 Å². The van der Waals surface area contributed by atoms with Gasteiger partial charge in [-0.15, -0.1) is 0 Å². The van der Waals surface area contributed by atoms with Gasteiger partial charge in [0.1, 0.15) is 5.75 Å². The van der Waals surface area contributed by atoms with E-state index in [0.29, 0.717) is 0 Å². The van der Waals surface area contributed by atoms with Crippen molar-refractivity contribution in [3.63, 3.8) is 0 Å². The van der Waals surface area contributed by atoms with Crippen molar-refractivity contribution >= 4 is 10.9 Å². The average molecular weight is 347 g/mol. The van der Waals surface area contributed by atoms with Gasteiger partial charge in [0, 0.05) is 31.2 Å². The molecule has 1 saturated heterocycles. The lowest BCUT2D eigenvalue weighted by atomic mass is 9.94. The van der Waals surface area contributed by atoms with E-state index in [-0.39, 0.29) is 6.04 Å². The number of fused-ring (bicyclic) bond motifs is 1. The molecule has 1 aliphatic rings. The Bertz CT molecular complexity index is 867. The maximum absolute atomic E-state index is 5.50. The Kier molecular flexibility index (Phi) is 5.14. The summed E-state index contributed by atoms with van der Waals surface area (Å²) in [5, 5.41) is 4.74. The second-order valence-electron chi connectivity index (χ2n) is 6.74. The van der Waals surface area contributed by atoms with E-state index in [1.807, 2.05) is 12.3 Å². The molecule has 0 saturated carbocycles. The molecule has 0 aliphatic carbocycles. The van der Waals surface area contributed by atoms with Crippen LogP contribution >= 0.6 is 0 Å². The highest BCUT2D eigenvalue weighted by Gasteiger charge is 2.25. The van der Waals surface area contributed by atoms with Gasteiger partial charge in [-0.25, -0.2) is 0 Å². The third kappa shape index (κ3) is 3.43. The number of para-hydroxylation sites is 1. The van der Waals surface area contributed by atoms with Crippen LogP contribution in [-0.2, 0) is 0 Å². The summed E-state index contributed by atoms with van der Waals surface area (Å²) in [5.74, 6) is 0.902. The van der Waals surface area contributed by atoms with E-state index >= 15 is 0 Å². The number of methoxy groups -OCH3 is 1. The van der Waals surface area contributed by atoms with Gasteiger partial charge >= 0.3 is 0 Å². The summed E-state index contributed by atoms with van der Waals surface area (Å²) in [6.45, 7) is 4.20. The number of nitrogens with one attached hydrogen (secondary N) is 1. The van der Waals surface area contributed by atoms with Gasteiger partial charge in [-0.05, 0) is 48.4 Å². The third-order valence-electron chi connectivity index (χ3n) is 5.13. The maximum Gasteiger partial charge on any atom is 0.119 e. The van der Waals surface area contributed by atoms with E-state index < -0.39 is 0 Å². The number of hydrogen-bond acceptors (Lipinski definition) is 4. The Balaban J connectivity index is 1.86. The lowest BCUT2D eigenvalue weighted by Crippen LogP contribution is -2.33. The SMILES string of the molecule is COc1cccc(C(c2ccnc3ccccc23)N2CCCNCC2)c1. The van der Waals surface area contributed by atoms with Crippen molar-refractivity contribution in [1.82, 2.24) is 15.2 Å². The monoisotopic (exact) mass is 347 g/mol. The van der Waals surface area contributed by atoms with E-state index in [9.17, 15) is 0 Å². The molecule has 0 amide bonds. The van der Waals surface area contributed by atoms with Crippen LogP contribution in [0, 0.1) is 0 Å². The van der Waals surface area contributed by atoms with Crippen LogP contribution in [0.5, 0.6) is 5.75 Å². The van der Waals surface area contributed by atoms with E-state index in [1.165, 1.54) is 16.5 Å². The first-order chi connectivity index (χ1) is 12.9. The van der Waals surface area contributed by atoms with Crippen molar-refractivity contribution in [3.05, 3.63) is 71.9 Å². The lowest BCUT2D eigenvalue weighted by molar-refractivity contribution is 0.242. The number of rotatable bonds is 4. The molecule has 3 aromatic rings. The molecule has 134 valence electrons. The van der Waals surface area contributed by atoms with Crippen LogP contribution in [0.15, 0.2) is 60.8 Å². The fourth-order valence-corrected chi connectivity index (χ4v) is 3.88. The van der Waals surface area contributed by atoms with Crippen molar-refractivity contribution in [2.45, 2.75) is 12.5 Å². The Morgan fingerprint density at radius 1 is 1.04 bits per heavy atom. The zero-order valence-corrected chi connectivity index (χ0v) is 15.2. The van der Waals surface area contributed by atoms with Gasteiger partial charge in [-0.3, -0.25) is 9.88 Å². The quantitative estimate of drug-likeness (QED) is 0.782. The second-order valence-corrected chi connectivity index (χ2v) is 6.74. The topological polar surface area (TPSA) is 37.4 Å². The largest absolute Gasteiger partial charge is 0.497 e. The molecule has 1 fully saturated rings. The highest BCUT2D eigenvalue weighted by atomic mass is 16.5. The van der Waals surface area contributed by atoms with Gasteiger partial charge in [0.05, 0.1) is 18.7 Å². The number of benzene rings is 2. The third-order valence-corrected chi connectivity index (χ3v) is 5.13. The molecule has 4 rings (SSSR count). The first-order valence-corrected chi connectivity index (χ1v) is 9.29. The zero-order chi connectivity index (χ0) is 17.8. The average Bonchev–Trinajstić information content (AvgIpc) is 2.98. The van der Waals surface area contributed by atoms with Crippen molar-refractivity contribution in [3.8, 4) is 5.75 Å². The number of pyridine rings is 1. The van der Waals surface area contributed by atoms with Crippen LogP contribution in [0.4, 0.5) is 0 Å². The molecule has 0 spiro atoms. The van der Waals surface area contributed by atoms with Crippen LogP contribution in [0.1, 0.15) is 23.6 Å². The highest BCUT2D eigenvalue weighted by molar-refractivity contribution is 5.82. The van der Waals surface area contributed by atoms with Crippen LogP contribution in [-0.4, -0.2) is 43.2 Å². The van der Waals surface area contributed by atoms with E-state index in [1.54, 1.807) is 7.11 Å². The lowest BCUT2D eigenvalue weighted by Gasteiger charge is -2.32. The van der Waals surface area contributed by atoms with Gasteiger partial charge in [0.25, 0.3) is 0 Å². The van der Waals surface area contributed by atoms with Gasteiger partial charge in [0.2, 0.25) is 0 Å². The van der Waals surface area contributed by atoms with Gasteiger partial charge in [-0.2, -0.15) is 0 Å². The molecule has 1 aliphatic heterocycles. The molecule has 1 N–H and O–H groups in total. The first-order valence-electron chi connectivity index (χ1n) is 9.29. The second kappa shape index (κ2) is 7.85. The Labute approximate surface area is 154 Å². The molecular weight excluding hydrogens is 322 g/mol. The first kappa shape index (κ1) is 17.0. The molecular formula is C22H25N3O. The Morgan fingerprint density at radius 2 is 1.96 bits per heavy atom. The summed E-state index contributed by atoms with van der Waals surface area (Å²) in [6, 6.07) is 19.2. The molecule has 4 heteroatoms. The minimum Gasteiger partial charge on any atom is -0.497 e. The summed E-state index contributed by atoms with van der Waals surface area (Å²) < 4.78 is 5.50. The molecule has 0 bridgehead atoms. The predicted octanol–water partition coefficient (Wildman–Crippen LogP) is 3.63. The molecule has 1 aromatic heterocycles. The van der Waals surface area contributed by atoms with Crippen molar-refractivity contribution < 1.29 is 4.74 Å². The highest BCUT2D eigenvalue weighted by Crippen LogP contribution is 2.34. The molecule has 1 unspecified atom stereocenters. The van der Waals surface area contributed by atoms with Crippen molar-refractivity contribution in [2.75, 3.05) is 33.3 Å². The number of hydrogen-bond donors (Lipinski definition) is 1. The zero-order valence-electron chi connectivity index (χ0n) is 15.2. The molecule has 2 aromatic carbocycles. The van der Waals surface area contributed by atoms with Gasteiger partial charge < -0.3 is 10.1 Å². The van der Waals surface area contributed by atoms with Gasteiger partial charge in [0.15, 0.2) is 0 Å². The minimum absolute atomic E-state index is 0.192. The maximum atomic E-state index is 5.50. The summed E-state index contributed by atoms with van der Waals surface area (Å²) in [6.07, 6.45) is 3.09. The minimum atomic E-state index is 0.192. The number of ether oxygens (including phenoxy) is 1. The summed E-state index contributed by atoms with van der Waals surface area (Å²) in [4.78, 5) is 7.14. The fourth-order valence-electron chi connectivity index (χ4n) is 3.88. The van der Waals surface area contributed by atoms with E-state index in [0.717, 1.165) is 43.9 Å². The van der Waals surface area contributed by atoms with Crippen LogP contribution in [0.25, 0.3) is 10.9 Å². The van der Waals surface area contributed by atoms with Gasteiger partial charge in [-0.1, -0.05) is 30.3 Å². The predicted molar refractivity (Wildman–Crippen MR) is 106 cm³/mol. The standard InChI is InChI=1S/C22H25N3O/c1-26-18-7-4-6-17(16-18)22(25-14-5-11-23-13-15-25)20-10-12-24-21-9-3-2-8-19(20)21/h2-4,6-10,12,16,22-23H,5,11,13-15H2,1H3. The molecule has 2 heterocycles. The van der Waals surface area contributed by atoms with Crippen LogP contribution in [0.3, 0.4) is 0 Å². The molecule has 0 radical (unpaired) electrons. The Hall–Kier alpha value is -2.43. The summed E-state index contributed by atoms with van der Waals surface area (Å²) in [5.41, 5.74) is 3.62. The van der Waals surface area contributed by atoms with E-state index in [4.69, 9.17) is 4.74 Å². The normalized spacial score (nSPS) is 17.0. The number of aromatic nitrogens is 1. The molecule has 26 heavy (non-hydrogen) atoms. The van der Waals surface area contributed by atoms with Crippen molar-refractivity contribution in [1.29, 1.82) is 0 Å². The molecule has 4 nitrogen and oxygen atoms in total. The summed E-state index contributed by atoms with van der Waals surface area (Å²) in [7, 11) is 1.73. The van der Waals surface area contributed by atoms with Crippen molar-refractivity contribution in [2.24, 2.45) is 0 Å². The Morgan fingerprint density at radius 3 is 2.88 bits per heavy atom. The fraction of sp³-hybridized carbons (Fsp3) is 0.318. The summed E-state index contributed by atoms with van der Waals surface area (Å²) >= 11 is 0. The smallest absolute Gasteiger partial charge is 0.119 e. The molecule has 1 atom stereocenters. The van der Waals surface area contributed by atoms with Crippen LogP contribution in [0.2, 0.25) is 0 Å². The van der Waals surface area contributed by atoms with E-state index in [2.05, 4.69) is 63.7 Å².